The lowest BCUT2D eigenvalue weighted by Crippen LogP contribution is -2.36. The second kappa shape index (κ2) is 5.83. The molecule has 1 fully saturated rings. The van der Waals surface area contributed by atoms with Gasteiger partial charge in [0.25, 0.3) is 0 Å². The first-order chi connectivity index (χ1) is 9.74. The molecule has 4 heteroatoms. The molecule has 0 bridgehead atoms. The maximum absolute atomic E-state index is 12.3. The molecule has 1 aromatic carbocycles. The highest BCUT2D eigenvalue weighted by molar-refractivity contribution is 5.88. The number of aliphatic hydroxyl groups is 1. The first-order valence-corrected chi connectivity index (χ1v) is 7.52. The lowest BCUT2D eigenvalue weighted by molar-refractivity contribution is -0.122. The van der Waals surface area contributed by atoms with E-state index in [1.54, 1.807) is 0 Å². The van der Waals surface area contributed by atoms with Gasteiger partial charge in [-0.3, -0.25) is 4.79 Å². The first-order valence-electron chi connectivity index (χ1n) is 7.52. The van der Waals surface area contributed by atoms with Crippen molar-refractivity contribution in [1.82, 2.24) is 5.32 Å². The molecule has 1 heterocycles. The average Bonchev–Trinajstić information content (AvgIpc) is 2.89. The lowest BCUT2D eigenvalue weighted by Gasteiger charge is -2.26. The predicted octanol–water partition coefficient (Wildman–Crippen LogP) is 1.86. The van der Waals surface area contributed by atoms with Crippen LogP contribution in [0.4, 0.5) is 5.69 Å². The summed E-state index contributed by atoms with van der Waals surface area (Å²) >= 11 is 0. The zero-order chi connectivity index (χ0) is 13.9. The van der Waals surface area contributed by atoms with Crippen LogP contribution in [0.15, 0.2) is 24.3 Å². The number of benzene rings is 1. The van der Waals surface area contributed by atoms with Crippen LogP contribution in [-0.2, 0) is 4.79 Å². The highest BCUT2D eigenvalue weighted by atomic mass is 16.3. The summed E-state index contributed by atoms with van der Waals surface area (Å²) < 4.78 is 0. The molecule has 3 unspecified atom stereocenters. The van der Waals surface area contributed by atoms with Gasteiger partial charge in [0.1, 0.15) is 0 Å². The monoisotopic (exact) mass is 274 g/mol. The molecule has 108 valence electrons. The van der Waals surface area contributed by atoms with Crippen LogP contribution < -0.4 is 10.6 Å². The maximum Gasteiger partial charge on any atom is 0.229 e. The van der Waals surface area contributed by atoms with Crippen LogP contribution in [0.3, 0.4) is 0 Å². The standard InChI is InChI=1S/C16H22N2O2/c19-12-5-3-4-11(8-12)9-18-16(20)14-10-17-15-7-2-1-6-13(14)15/h1-2,6-7,11-12,14,17,19H,3-5,8-10H2,(H,18,20). The number of amides is 1. The molecule has 1 saturated carbocycles. The van der Waals surface area contributed by atoms with Crippen LogP contribution in [0.25, 0.3) is 0 Å². The number of fused-ring (bicyclic) bond motifs is 1. The summed E-state index contributed by atoms with van der Waals surface area (Å²) in [6.45, 7) is 1.37. The van der Waals surface area contributed by atoms with Crippen molar-refractivity contribution in [3.63, 3.8) is 0 Å². The quantitative estimate of drug-likeness (QED) is 0.788. The average molecular weight is 274 g/mol. The summed E-state index contributed by atoms with van der Waals surface area (Å²) in [7, 11) is 0. The lowest BCUT2D eigenvalue weighted by atomic mass is 9.87. The molecule has 2 aliphatic rings. The Kier molecular flexibility index (Phi) is 3.92. The van der Waals surface area contributed by atoms with Crippen molar-refractivity contribution in [2.75, 3.05) is 18.4 Å². The van der Waals surface area contributed by atoms with Gasteiger partial charge in [-0.1, -0.05) is 24.6 Å². The number of anilines is 1. The van der Waals surface area contributed by atoms with Crippen molar-refractivity contribution in [2.24, 2.45) is 5.92 Å². The predicted molar refractivity (Wildman–Crippen MR) is 78.6 cm³/mol. The number of hydrogen-bond acceptors (Lipinski definition) is 3. The molecule has 4 nitrogen and oxygen atoms in total. The van der Waals surface area contributed by atoms with Gasteiger partial charge in [-0.05, 0) is 36.8 Å². The summed E-state index contributed by atoms with van der Waals surface area (Å²) in [5.74, 6) is 0.439. The molecule has 0 aromatic heterocycles. The number of para-hydroxylation sites is 1. The summed E-state index contributed by atoms with van der Waals surface area (Å²) in [5.41, 5.74) is 2.16. The topological polar surface area (TPSA) is 61.4 Å². The Labute approximate surface area is 119 Å². The number of aliphatic hydroxyl groups excluding tert-OH is 1. The van der Waals surface area contributed by atoms with Crippen molar-refractivity contribution in [2.45, 2.75) is 37.7 Å². The molecule has 1 aliphatic heterocycles. The number of carbonyl (C=O) groups is 1. The third kappa shape index (κ3) is 2.80. The third-order valence-corrected chi connectivity index (χ3v) is 4.47. The van der Waals surface area contributed by atoms with E-state index < -0.39 is 0 Å². The van der Waals surface area contributed by atoms with E-state index in [0.29, 0.717) is 19.0 Å². The molecule has 3 N–H and O–H groups in total. The third-order valence-electron chi connectivity index (χ3n) is 4.47. The van der Waals surface area contributed by atoms with E-state index in [2.05, 4.69) is 10.6 Å². The smallest absolute Gasteiger partial charge is 0.229 e. The molecule has 3 rings (SSSR count). The largest absolute Gasteiger partial charge is 0.393 e. The molecular weight excluding hydrogens is 252 g/mol. The highest BCUT2D eigenvalue weighted by Gasteiger charge is 2.29. The molecule has 0 radical (unpaired) electrons. The van der Waals surface area contributed by atoms with E-state index in [0.717, 1.165) is 36.9 Å². The second-order valence-electron chi connectivity index (χ2n) is 5.95. The van der Waals surface area contributed by atoms with Crippen molar-refractivity contribution < 1.29 is 9.90 Å². The van der Waals surface area contributed by atoms with Crippen molar-refractivity contribution >= 4 is 11.6 Å². The Morgan fingerprint density at radius 1 is 1.35 bits per heavy atom. The molecule has 3 atom stereocenters. The minimum atomic E-state index is -0.181. The van der Waals surface area contributed by atoms with E-state index in [9.17, 15) is 9.90 Å². The van der Waals surface area contributed by atoms with E-state index >= 15 is 0 Å². The van der Waals surface area contributed by atoms with Crippen molar-refractivity contribution in [3.8, 4) is 0 Å². The molecular formula is C16H22N2O2. The van der Waals surface area contributed by atoms with Gasteiger partial charge in [-0.2, -0.15) is 0 Å². The first kappa shape index (κ1) is 13.4. The second-order valence-corrected chi connectivity index (χ2v) is 5.95. The number of nitrogens with one attached hydrogen (secondary N) is 2. The fourth-order valence-electron chi connectivity index (χ4n) is 3.33. The van der Waals surface area contributed by atoms with Crippen LogP contribution in [0.5, 0.6) is 0 Å². The molecule has 1 aromatic rings. The van der Waals surface area contributed by atoms with Gasteiger partial charge < -0.3 is 15.7 Å². The normalized spacial score (nSPS) is 28.6. The van der Waals surface area contributed by atoms with Crippen LogP contribution in [0.2, 0.25) is 0 Å². The number of carbonyl (C=O) groups excluding carboxylic acids is 1. The van der Waals surface area contributed by atoms with Crippen LogP contribution in [-0.4, -0.2) is 30.2 Å². The van der Waals surface area contributed by atoms with Gasteiger partial charge in [0, 0.05) is 18.8 Å². The molecule has 1 aliphatic carbocycles. The summed E-state index contributed by atoms with van der Waals surface area (Å²) in [5, 5.41) is 16.0. The van der Waals surface area contributed by atoms with E-state index in [4.69, 9.17) is 0 Å². The van der Waals surface area contributed by atoms with Crippen LogP contribution >= 0.6 is 0 Å². The van der Waals surface area contributed by atoms with Gasteiger partial charge in [-0.25, -0.2) is 0 Å². The minimum absolute atomic E-state index is 0.0836. The SMILES string of the molecule is O=C(NCC1CCCC(O)C1)C1CNc2ccccc21. The van der Waals surface area contributed by atoms with Crippen molar-refractivity contribution in [3.05, 3.63) is 29.8 Å². The fourth-order valence-corrected chi connectivity index (χ4v) is 3.33. The van der Waals surface area contributed by atoms with Gasteiger partial charge in [-0.15, -0.1) is 0 Å². The summed E-state index contributed by atoms with van der Waals surface area (Å²) in [6, 6.07) is 7.99. The zero-order valence-electron chi connectivity index (χ0n) is 11.6. The van der Waals surface area contributed by atoms with E-state index in [1.165, 1.54) is 0 Å². The minimum Gasteiger partial charge on any atom is -0.393 e. The van der Waals surface area contributed by atoms with E-state index in [1.807, 2.05) is 24.3 Å². The molecule has 20 heavy (non-hydrogen) atoms. The fraction of sp³-hybridized carbons (Fsp3) is 0.562. The molecule has 0 spiro atoms. The molecule has 1 amide bonds. The van der Waals surface area contributed by atoms with Crippen molar-refractivity contribution in [1.29, 1.82) is 0 Å². The number of hydrogen-bond donors (Lipinski definition) is 3. The van der Waals surface area contributed by atoms with Gasteiger partial charge in [0.05, 0.1) is 12.0 Å². The Morgan fingerprint density at radius 3 is 3.05 bits per heavy atom. The van der Waals surface area contributed by atoms with Gasteiger partial charge in [0.2, 0.25) is 5.91 Å². The van der Waals surface area contributed by atoms with E-state index in [-0.39, 0.29) is 17.9 Å². The summed E-state index contributed by atoms with van der Waals surface area (Å²) in [6.07, 6.45) is 3.72. The molecule has 0 saturated heterocycles. The number of rotatable bonds is 3. The van der Waals surface area contributed by atoms with Gasteiger partial charge >= 0.3 is 0 Å². The maximum atomic E-state index is 12.3. The van der Waals surface area contributed by atoms with Crippen LogP contribution in [0.1, 0.15) is 37.2 Å². The zero-order valence-corrected chi connectivity index (χ0v) is 11.6. The Hall–Kier alpha value is -1.55. The highest BCUT2D eigenvalue weighted by Crippen LogP contribution is 2.31. The Bertz CT molecular complexity index is 489. The Morgan fingerprint density at radius 2 is 2.20 bits per heavy atom. The Balaban J connectivity index is 1.55. The van der Waals surface area contributed by atoms with Crippen LogP contribution in [0, 0.1) is 5.92 Å². The van der Waals surface area contributed by atoms with Gasteiger partial charge in [0.15, 0.2) is 0 Å². The summed E-state index contributed by atoms with van der Waals surface area (Å²) in [4.78, 5) is 12.3.